The lowest BCUT2D eigenvalue weighted by atomic mass is 10.1. The molecule has 0 aliphatic rings. The first-order valence-corrected chi connectivity index (χ1v) is 11.6. The molecule has 0 aliphatic carbocycles. The fourth-order valence-corrected chi connectivity index (χ4v) is 4.07. The van der Waals surface area contributed by atoms with Gasteiger partial charge in [0, 0.05) is 31.4 Å². The van der Waals surface area contributed by atoms with Crippen LogP contribution in [0.15, 0.2) is 47.6 Å². The predicted octanol–water partition coefficient (Wildman–Crippen LogP) is 5.18. The Morgan fingerprint density at radius 1 is 1.13 bits per heavy atom. The van der Waals surface area contributed by atoms with Gasteiger partial charge in [-0.25, -0.2) is 0 Å². The van der Waals surface area contributed by atoms with Gasteiger partial charge in [-0.15, -0.1) is 10.2 Å². The van der Waals surface area contributed by atoms with E-state index in [-0.39, 0.29) is 5.91 Å². The summed E-state index contributed by atoms with van der Waals surface area (Å²) in [6, 6.07) is 13.6. The van der Waals surface area contributed by atoms with Crippen LogP contribution in [0.25, 0.3) is 17.1 Å². The Balaban J connectivity index is 1.78. The molecular formula is C22H24Cl2N4O2S. The molecule has 1 N–H and O–H groups in total. The smallest absolute Gasteiger partial charge is 0.220 e. The van der Waals surface area contributed by atoms with Crippen LogP contribution in [-0.4, -0.2) is 46.7 Å². The van der Waals surface area contributed by atoms with Gasteiger partial charge in [0.05, 0.1) is 22.3 Å². The molecule has 3 rings (SSSR count). The fraction of sp³-hybridized carbons (Fsp3) is 0.318. The third-order valence-corrected chi connectivity index (χ3v) is 6.27. The second-order valence-corrected chi connectivity index (χ2v) is 8.78. The molecule has 0 aliphatic heterocycles. The summed E-state index contributed by atoms with van der Waals surface area (Å²) in [5, 5.41) is 13.3. The number of halogens is 2. The maximum absolute atomic E-state index is 11.9. The van der Waals surface area contributed by atoms with Crippen molar-refractivity contribution in [1.82, 2.24) is 20.1 Å². The molecule has 0 unspecified atom stereocenters. The molecule has 1 heterocycles. The number of aryl methyl sites for hydroxylation is 1. The molecule has 1 amide bonds. The van der Waals surface area contributed by atoms with Gasteiger partial charge in [0.15, 0.2) is 11.0 Å². The molecule has 0 radical (unpaired) electrons. The highest BCUT2D eigenvalue weighted by Gasteiger charge is 2.17. The van der Waals surface area contributed by atoms with Crippen LogP contribution >= 0.6 is 35.0 Å². The number of benzene rings is 2. The lowest BCUT2D eigenvalue weighted by molar-refractivity contribution is -0.121. The Morgan fingerprint density at radius 3 is 2.61 bits per heavy atom. The molecule has 0 atom stereocenters. The zero-order chi connectivity index (χ0) is 22.2. The maximum Gasteiger partial charge on any atom is 0.220 e. The van der Waals surface area contributed by atoms with Crippen LogP contribution in [0.5, 0.6) is 0 Å². The summed E-state index contributed by atoms with van der Waals surface area (Å²) in [6.07, 6.45) is 1.17. The number of methoxy groups -OCH3 is 1. The van der Waals surface area contributed by atoms with E-state index >= 15 is 0 Å². The minimum atomic E-state index is 0.0175. The lowest BCUT2D eigenvalue weighted by Crippen LogP contribution is -2.26. The Kier molecular flexibility index (Phi) is 8.78. The molecule has 6 nitrogen and oxygen atoms in total. The summed E-state index contributed by atoms with van der Waals surface area (Å²) < 4.78 is 6.91. The monoisotopic (exact) mass is 478 g/mol. The number of hydrogen-bond donors (Lipinski definition) is 1. The van der Waals surface area contributed by atoms with E-state index in [2.05, 4.69) is 15.5 Å². The van der Waals surface area contributed by atoms with E-state index in [1.54, 1.807) is 31.0 Å². The highest BCUT2D eigenvalue weighted by atomic mass is 35.5. The normalized spacial score (nSPS) is 11.0. The lowest BCUT2D eigenvalue weighted by Gasteiger charge is -2.11. The summed E-state index contributed by atoms with van der Waals surface area (Å²) in [5.74, 6) is 1.47. The van der Waals surface area contributed by atoms with Gasteiger partial charge in [-0.05, 0) is 31.5 Å². The number of ether oxygens (including phenoxy) is 1. The predicted molar refractivity (Wildman–Crippen MR) is 126 cm³/mol. The topological polar surface area (TPSA) is 69.0 Å². The van der Waals surface area contributed by atoms with Crippen molar-refractivity contribution in [2.45, 2.75) is 24.9 Å². The minimum absolute atomic E-state index is 0.0175. The first-order valence-electron chi connectivity index (χ1n) is 9.86. The number of amides is 1. The molecule has 0 saturated carbocycles. The summed E-state index contributed by atoms with van der Waals surface area (Å²) >= 11 is 13.9. The van der Waals surface area contributed by atoms with Crippen molar-refractivity contribution in [1.29, 1.82) is 0 Å². The molecule has 0 spiro atoms. The number of thioether (sulfide) groups is 1. The van der Waals surface area contributed by atoms with Gasteiger partial charge in [0.25, 0.3) is 0 Å². The molecule has 0 fully saturated rings. The average Bonchev–Trinajstić information content (AvgIpc) is 3.18. The Labute approximate surface area is 196 Å². The molecule has 164 valence electrons. The molecule has 3 aromatic rings. The SMILES string of the molecule is COCCNC(=O)CCCSc1nnc(-c2ccc(C)cc2)n1-c1ccc(Cl)c(Cl)c1. The molecule has 0 bridgehead atoms. The number of carbonyl (C=O) groups is 1. The van der Waals surface area contributed by atoms with E-state index in [0.717, 1.165) is 34.4 Å². The van der Waals surface area contributed by atoms with Crippen molar-refractivity contribution in [2.24, 2.45) is 0 Å². The van der Waals surface area contributed by atoms with Gasteiger partial charge in [-0.1, -0.05) is 64.8 Å². The standard InChI is InChI=1S/C22H24Cl2N4O2S/c1-15-5-7-16(8-6-15)21-26-27-22(28(21)17-9-10-18(23)19(24)14-17)31-13-3-4-20(29)25-11-12-30-2/h5-10,14H,3-4,11-13H2,1-2H3,(H,25,29). The fourth-order valence-electron chi connectivity index (χ4n) is 2.89. The molecule has 1 aromatic heterocycles. The van der Waals surface area contributed by atoms with Gasteiger partial charge in [-0.2, -0.15) is 0 Å². The molecule has 31 heavy (non-hydrogen) atoms. The van der Waals surface area contributed by atoms with E-state index in [1.165, 1.54) is 5.56 Å². The highest BCUT2D eigenvalue weighted by molar-refractivity contribution is 7.99. The van der Waals surface area contributed by atoms with Crippen LogP contribution in [0.1, 0.15) is 18.4 Å². The molecule has 0 saturated heterocycles. The molecule has 9 heteroatoms. The Morgan fingerprint density at radius 2 is 1.90 bits per heavy atom. The summed E-state index contributed by atoms with van der Waals surface area (Å²) in [7, 11) is 1.61. The summed E-state index contributed by atoms with van der Waals surface area (Å²) in [6.45, 7) is 3.07. The van der Waals surface area contributed by atoms with E-state index in [1.807, 2.05) is 41.8 Å². The van der Waals surface area contributed by atoms with Gasteiger partial charge in [-0.3, -0.25) is 9.36 Å². The Hall–Kier alpha value is -2.06. The van der Waals surface area contributed by atoms with Gasteiger partial charge in [0.1, 0.15) is 0 Å². The minimum Gasteiger partial charge on any atom is -0.383 e. The van der Waals surface area contributed by atoms with Crippen molar-refractivity contribution in [2.75, 3.05) is 26.0 Å². The number of nitrogens with one attached hydrogen (secondary N) is 1. The zero-order valence-electron chi connectivity index (χ0n) is 17.4. The van der Waals surface area contributed by atoms with E-state index in [9.17, 15) is 4.79 Å². The van der Waals surface area contributed by atoms with Gasteiger partial charge >= 0.3 is 0 Å². The van der Waals surface area contributed by atoms with Crippen molar-refractivity contribution in [3.05, 3.63) is 58.1 Å². The first-order chi connectivity index (χ1) is 15.0. The number of aromatic nitrogens is 3. The zero-order valence-corrected chi connectivity index (χ0v) is 19.7. The Bertz CT molecular complexity index is 1020. The van der Waals surface area contributed by atoms with Crippen LogP contribution in [0.4, 0.5) is 0 Å². The third kappa shape index (κ3) is 6.46. The third-order valence-electron chi connectivity index (χ3n) is 4.51. The summed E-state index contributed by atoms with van der Waals surface area (Å²) in [5.41, 5.74) is 2.95. The van der Waals surface area contributed by atoms with Crippen molar-refractivity contribution >= 4 is 40.9 Å². The van der Waals surface area contributed by atoms with E-state index in [4.69, 9.17) is 27.9 Å². The maximum atomic E-state index is 11.9. The van der Waals surface area contributed by atoms with E-state index < -0.39 is 0 Å². The number of rotatable bonds is 10. The van der Waals surface area contributed by atoms with Crippen molar-refractivity contribution < 1.29 is 9.53 Å². The second-order valence-electron chi connectivity index (χ2n) is 6.90. The first kappa shape index (κ1) is 23.6. The van der Waals surface area contributed by atoms with Crippen molar-refractivity contribution in [3.8, 4) is 17.1 Å². The van der Waals surface area contributed by atoms with Crippen LogP contribution < -0.4 is 5.32 Å². The number of hydrogen-bond acceptors (Lipinski definition) is 5. The van der Waals surface area contributed by atoms with Gasteiger partial charge < -0.3 is 10.1 Å². The van der Waals surface area contributed by atoms with Crippen LogP contribution in [0.2, 0.25) is 10.0 Å². The van der Waals surface area contributed by atoms with E-state index in [0.29, 0.717) is 29.6 Å². The number of carbonyl (C=O) groups excluding carboxylic acids is 1. The quantitative estimate of drug-likeness (QED) is 0.320. The van der Waals surface area contributed by atoms with Crippen LogP contribution in [-0.2, 0) is 9.53 Å². The largest absolute Gasteiger partial charge is 0.383 e. The average molecular weight is 479 g/mol. The highest BCUT2D eigenvalue weighted by Crippen LogP contribution is 2.31. The number of nitrogens with zero attached hydrogens (tertiary/aromatic N) is 3. The second kappa shape index (κ2) is 11.5. The van der Waals surface area contributed by atoms with Gasteiger partial charge in [0.2, 0.25) is 5.91 Å². The molecule has 2 aromatic carbocycles. The van der Waals surface area contributed by atoms with Crippen LogP contribution in [0.3, 0.4) is 0 Å². The molecular weight excluding hydrogens is 455 g/mol. The van der Waals surface area contributed by atoms with Crippen molar-refractivity contribution in [3.63, 3.8) is 0 Å². The summed E-state index contributed by atoms with van der Waals surface area (Å²) in [4.78, 5) is 11.9. The van der Waals surface area contributed by atoms with Crippen LogP contribution in [0, 0.1) is 6.92 Å².